The fourth-order valence-corrected chi connectivity index (χ4v) is 8.43. The van der Waals surface area contributed by atoms with Crippen LogP contribution in [0.2, 0.25) is 5.02 Å². The highest BCUT2D eigenvalue weighted by molar-refractivity contribution is 6.30. The Morgan fingerprint density at radius 3 is 2.27 bits per heavy atom. The molecule has 3 aromatic carbocycles. The number of rotatable bonds is 20. The number of ether oxygens (including phenoxy) is 4. The molecule has 2 aliphatic rings. The third kappa shape index (κ3) is 10.8. The molecule has 7 rings (SSSR count). The molecule has 2 aliphatic heterocycles. The summed E-state index contributed by atoms with van der Waals surface area (Å²) >= 11 is 6.04. The number of halogens is 1. The number of methoxy groups -OCH3 is 1. The number of hydrogen-bond donors (Lipinski definition) is 2. The molecule has 0 saturated carbocycles. The SMILES string of the molecule is COc1ccc2c(c1)c(CC(=O)NCCCOCCOCCOCCCNC(=O)C(C#N)=Cc1cc3cc4c5c(c3oc1=O)CCCN5CCC4)c(C)n2C(=O)c1ccc(Cl)cc1. The Morgan fingerprint density at radius 1 is 0.889 bits per heavy atom. The van der Waals surface area contributed by atoms with Crippen molar-refractivity contribution >= 4 is 63.0 Å². The molecule has 0 radical (unpaired) electrons. The summed E-state index contributed by atoms with van der Waals surface area (Å²) in [5.41, 5.74) is 6.15. The first-order valence-corrected chi connectivity index (χ1v) is 21.8. The van der Waals surface area contributed by atoms with E-state index >= 15 is 0 Å². The normalized spacial score (nSPS) is 13.5. The molecule has 0 bridgehead atoms. The predicted molar refractivity (Wildman–Crippen MR) is 241 cm³/mol. The third-order valence-electron chi connectivity index (χ3n) is 11.4. The summed E-state index contributed by atoms with van der Waals surface area (Å²) in [6.07, 6.45) is 6.44. The van der Waals surface area contributed by atoms with Gasteiger partial charge < -0.3 is 38.9 Å². The van der Waals surface area contributed by atoms with Crippen molar-refractivity contribution in [1.82, 2.24) is 15.2 Å². The zero-order valence-corrected chi connectivity index (χ0v) is 36.4. The molecule has 14 nitrogen and oxygen atoms in total. The molecular formula is C48H52ClN5O9. The van der Waals surface area contributed by atoms with Crippen LogP contribution in [0.4, 0.5) is 5.69 Å². The van der Waals surface area contributed by atoms with Gasteiger partial charge in [-0.15, -0.1) is 0 Å². The van der Waals surface area contributed by atoms with Gasteiger partial charge >= 0.3 is 5.63 Å². The smallest absolute Gasteiger partial charge is 0.343 e. The van der Waals surface area contributed by atoms with E-state index in [9.17, 15) is 24.4 Å². The van der Waals surface area contributed by atoms with E-state index in [2.05, 4.69) is 21.6 Å². The molecule has 330 valence electrons. The van der Waals surface area contributed by atoms with Crippen LogP contribution in [-0.2, 0) is 43.1 Å². The molecule has 2 amide bonds. The number of hydrogen-bond acceptors (Lipinski definition) is 11. The summed E-state index contributed by atoms with van der Waals surface area (Å²) in [5, 5.41) is 17.5. The van der Waals surface area contributed by atoms with Gasteiger partial charge in [0, 0.05) is 77.7 Å². The number of anilines is 1. The average Bonchev–Trinajstić information content (AvgIpc) is 3.56. The summed E-state index contributed by atoms with van der Waals surface area (Å²) in [5.74, 6) is -0.324. The number of nitriles is 1. The summed E-state index contributed by atoms with van der Waals surface area (Å²) in [6, 6.07) is 17.9. The van der Waals surface area contributed by atoms with Crippen molar-refractivity contribution < 1.29 is 37.7 Å². The molecule has 2 N–H and O–H groups in total. The molecular weight excluding hydrogens is 826 g/mol. The Balaban J connectivity index is 0.751. The molecule has 0 fully saturated rings. The van der Waals surface area contributed by atoms with E-state index in [4.69, 9.17) is 35.0 Å². The molecule has 0 saturated heterocycles. The van der Waals surface area contributed by atoms with Crippen molar-refractivity contribution in [2.24, 2.45) is 0 Å². The lowest BCUT2D eigenvalue weighted by Gasteiger charge is -2.37. The maximum Gasteiger partial charge on any atom is 0.343 e. The lowest BCUT2D eigenvalue weighted by atomic mass is 9.90. The number of fused-ring (bicyclic) bond motifs is 3. The molecule has 63 heavy (non-hydrogen) atoms. The average molecular weight is 878 g/mol. The fraction of sp³-hybridized carbons (Fsp3) is 0.396. The zero-order chi connectivity index (χ0) is 44.3. The number of benzene rings is 3. The Labute approximate surface area is 370 Å². The van der Waals surface area contributed by atoms with E-state index in [0.29, 0.717) is 92.2 Å². The second-order valence-electron chi connectivity index (χ2n) is 15.6. The van der Waals surface area contributed by atoms with Gasteiger partial charge in [0.15, 0.2) is 0 Å². The summed E-state index contributed by atoms with van der Waals surface area (Å²) in [6.45, 7) is 6.91. The van der Waals surface area contributed by atoms with Gasteiger partial charge in [-0.1, -0.05) is 11.6 Å². The van der Waals surface area contributed by atoms with E-state index in [0.717, 1.165) is 60.7 Å². The van der Waals surface area contributed by atoms with Crippen LogP contribution in [-0.4, -0.2) is 95.2 Å². The minimum Gasteiger partial charge on any atom is -0.497 e. The number of nitrogens with one attached hydrogen (secondary N) is 2. The standard InChI is InChI=1S/C48H52ClN5O9/c1-31-40(41-28-38(59-2)13-14-42(41)54(31)47(57)32-9-11-37(49)12-10-32)29-43(55)51-15-5-19-60-21-23-62-24-22-61-20-6-16-52-46(56)36(30-50)27-35-26-34-25-33-7-3-17-53-18-4-8-39(44(33)53)45(34)63-48(35)58/h9-14,25-28H,3-8,15-24,29H2,1-2H3,(H,51,55)(H,52,56). The lowest BCUT2D eigenvalue weighted by molar-refractivity contribution is -0.120. The van der Waals surface area contributed by atoms with E-state index in [1.165, 1.54) is 17.3 Å². The highest BCUT2D eigenvalue weighted by Crippen LogP contribution is 2.40. The van der Waals surface area contributed by atoms with Crippen molar-refractivity contribution in [3.63, 3.8) is 0 Å². The van der Waals surface area contributed by atoms with Crippen LogP contribution < -0.4 is 25.9 Å². The van der Waals surface area contributed by atoms with Crippen molar-refractivity contribution in [3.8, 4) is 11.8 Å². The number of carbonyl (C=O) groups is 3. The summed E-state index contributed by atoms with van der Waals surface area (Å²) < 4.78 is 29.7. The Kier molecular flexibility index (Phi) is 15.3. The second-order valence-corrected chi connectivity index (χ2v) is 16.0. The van der Waals surface area contributed by atoms with Gasteiger partial charge in [0.25, 0.3) is 11.8 Å². The monoisotopic (exact) mass is 877 g/mol. The molecule has 5 aromatic rings. The van der Waals surface area contributed by atoms with Gasteiger partial charge in [-0.2, -0.15) is 5.26 Å². The Bertz CT molecular complexity index is 2610. The number of aryl methyl sites for hydroxylation is 2. The minimum absolute atomic E-state index is 0.0935. The highest BCUT2D eigenvalue weighted by atomic mass is 35.5. The van der Waals surface area contributed by atoms with Crippen molar-refractivity contribution in [3.05, 3.63) is 109 Å². The number of amides is 2. The molecule has 0 spiro atoms. The van der Waals surface area contributed by atoms with Gasteiger partial charge in [-0.05, 0) is 117 Å². The number of aromatic nitrogens is 1. The maximum atomic E-state index is 13.5. The maximum absolute atomic E-state index is 13.5. The van der Waals surface area contributed by atoms with Crippen LogP contribution in [0.15, 0.2) is 69.4 Å². The zero-order valence-electron chi connectivity index (χ0n) is 35.7. The topological polar surface area (TPSA) is 174 Å². The molecule has 15 heteroatoms. The highest BCUT2D eigenvalue weighted by Gasteiger charge is 2.27. The Morgan fingerprint density at radius 2 is 1.57 bits per heavy atom. The van der Waals surface area contributed by atoms with Gasteiger partial charge in [0.05, 0.1) is 51.0 Å². The first-order valence-electron chi connectivity index (χ1n) is 21.4. The van der Waals surface area contributed by atoms with Crippen molar-refractivity contribution in [1.29, 1.82) is 5.26 Å². The van der Waals surface area contributed by atoms with Crippen molar-refractivity contribution in [2.75, 3.05) is 77.8 Å². The van der Waals surface area contributed by atoms with Crippen LogP contribution in [0.5, 0.6) is 5.75 Å². The van der Waals surface area contributed by atoms with Gasteiger partial charge in [0.2, 0.25) is 5.91 Å². The van der Waals surface area contributed by atoms with Gasteiger partial charge in [-0.3, -0.25) is 19.0 Å². The summed E-state index contributed by atoms with van der Waals surface area (Å²) in [7, 11) is 1.57. The van der Waals surface area contributed by atoms with Crippen LogP contribution >= 0.6 is 11.6 Å². The minimum atomic E-state index is -0.575. The van der Waals surface area contributed by atoms with Gasteiger partial charge in [-0.25, -0.2) is 4.79 Å². The molecule has 4 heterocycles. The van der Waals surface area contributed by atoms with Crippen molar-refractivity contribution in [2.45, 2.75) is 51.9 Å². The lowest BCUT2D eigenvalue weighted by Crippen LogP contribution is -2.34. The third-order valence-corrected chi connectivity index (χ3v) is 11.6. The Hall–Kier alpha value is -5.98. The number of nitrogens with zero attached hydrogens (tertiary/aromatic N) is 3. The molecule has 0 unspecified atom stereocenters. The fourth-order valence-electron chi connectivity index (χ4n) is 8.30. The second kappa shape index (κ2) is 21.4. The molecule has 0 aliphatic carbocycles. The van der Waals surface area contributed by atoms with E-state index in [1.54, 1.807) is 48.1 Å². The van der Waals surface area contributed by atoms with E-state index in [1.807, 2.05) is 25.1 Å². The largest absolute Gasteiger partial charge is 0.497 e. The summed E-state index contributed by atoms with van der Waals surface area (Å²) in [4.78, 5) is 54.7. The molecule has 0 atom stereocenters. The first-order chi connectivity index (χ1) is 30.7. The quantitative estimate of drug-likeness (QED) is 0.0388. The number of carbonyl (C=O) groups excluding carboxylic acids is 3. The van der Waals surface area contributed by atoms with Crippen LogP contribution in [0.3, 0.4) is 0 Å². The molecule has 2 aromatic heterocycles. The van der Waals surface area contributed by atoms with Crippen LogP contribution in [0, 0.1) is 18.3 Å². The predicted octanol–water partition coefficient (Wildman–Crippen LogP) is 6.32. The van der Waals surface area contributed by atoms with Crippen LogP contribution in [0.1, 0.15) is 64.0 Å². The first kappa shape index (κ1) is 45.1. The van der Waals surface area contributed by atoms with E-state index in [-0.39, 0.29) is 35.9 Å². The van der Waals surface area contributed by atoms with E-state index < -0.39 is 11.5 Å². The van der Waals surface area contributed by atoms with Gasteiger partial charge in [0.1, 0.15) is 23.0 Å². The van der Waals surface area contributed by atoms with Crippen LogP contribution in [0.25, 0.3) is 27.9 Å².